The van der Waals surface area contributed by atoms with Crippen molar-refractivity contribution in [3.05, 3.63) is 6.07 Å². The van der Waals surface area contributed by atoms with E-state index in [0.29, 0.717) is 12.4 Å². The molecule has 1 rings (SSSR count). The molecule has 18 heavy (non-hydrogen) atoms. The minimum absolute atomic E-state index is 0.0554. The van der Waals surface area contributed by atoms with Crippen LogP contribution in [-0.4, -0.2) is 36.3 Å². The van der Waals surface area contributed by atoms with Gasteiger partial charge in [0.2, 0.25) is 5.95 Å². The molecule has 1 aromatic rings. The van der Waals surface area contributed by atoms with Gasteiger partial charge in [0.1, 0.15) is 18.2 Å². The first-order chi connectivity index (χ1) is 8.31. The van der Waals surface area contributed by atoms with Crippen LogP contribution >= 0.6 is 0 Å². The van der Waals surface area contributed by atoms with Gasteiger partial charge in [0, 0.05) is 19.7 Å². The quantitative estimate of drug-likeness (QED) is 0.849. The number of anilines is 3. The summed E-state index contributed by atoms with van der Waals surface area (Å²) in [7, 11) is 1.30. The maximum Gasteiger partial charge on any atom is 0.405 e. The van der Waals surface area contributed by atoms with Crippen molar-refractivity contribution in [3.63, 3.8) is 0 Å². The van der Waals surface area contributed by atoms with Crippen LogP contribution in [0.5, 0.6) is 0 Å². The summed E-state index contributed by atoms with van der Waals surface area (Å²) in [5, 5.41) is 2.95. The summed E-state index contributed by atoms with van der Waals surface area (Å²) in [6, 6.07) is 1.44. The van der Waals surface area contributed by atoms with Crippen molar-refractivity contribution >= 4 is 17.6 Å². The number of hydrogen-bond donors (Lipinski definition) is 2. The van der Waals surface area contributed by atoms with E-state index < -0.39 is 12.7 Å². The first-order valence-corrected chi connectivity index (χ1v) is 5.48. The van der Waals surface area contributed by atoms with Crippen molar-refractivity contribution in [3.8, 4) is 0 Å². The van der Waals surface area contributed by atoms with Crippen LogP contribution in [0, 0.1) is 0 Å². The highest BCUT2D eigenvalue weighted by molar-refractivity contribution is 5.52. The third-order valence-corrected chi connectivity index (χ3v) is 2.09. The molecule has 0 fully saturated rings. The van der Waals surface area contributed by atoms with Crippen molar-refractivity contribution in [1.82, 2.24) is 9.97 Å². The van der Waals surface area contributed by atoms with Crippen LogP contribution in [0.15, 0.2) is 6.07 Å². The molecule has 0 aliphatic heterocycles. The van der Waals surface area contributed by atoms with E-state index in [4.69, 9.17) is 5.73 Å². The molecular weight excluding hydrogens is 247 g/mol. The van der Waals surface area contributed by atoms with Gasteiger partial charge in [0.05, 0.1) is 0 Å². The van der Waals surface area contributed by atoms with Crippen molar-refractivity contribution in [2.24, 2.45) is 0 Å². The maximum atomic E-state index is 12.3. The number of rotatable bonds is 5. The molecule has 0 atom stereocenters. The Labute approximate surface area is 103 Å². The molecule has 0 spiro atoms. The number of alkyl halides is 3. The van der Waals surface area contributed by atoms with Crippen LogP contribution in [0.3, 0.4) is 0 Å². The van der Waals surface area contributed by atoms with Gasteiger partial charge >= 0.3 is 6.18 Å². The van der Waals surface area contributed by atoms with Crippen LogP contribution in [-0.2, 0) is 0 Å². The lowest BCUT2D eigenvalue weighted by Crippen LogP contribution is -2.31. The van der Waals surface area contributed by atoms with E-state index in [1.807, 2.05) is 6.92 Å². The Balaban J connectivity index is 2.84. The number of aromatic nitrogens is 2. The monoisotopic (exact) mass is 263 g/mol. The molecule has 0 saturated heterocycles. The van der Waals surface area contributed by atoms with Gasteiger partial charge in [-0.3, -0.25) is 0 Å². The molecule has 0 aliphatic carbocycles. The van der Waals surface area contributed by atoms with Gasteiger partial charge in [0.25, 0.3) is 0 Å². The second-order valence-corrected chi connectivity index (χ2v) is 3.87. The standard InChI is InChI=1S/C10H16F3N5/c1-3-4-15-7-5-8(17-9(14)16-7)18(2)6-10(11,12)13/h5H,3-4,6H2,1-2H3,(H3,14,15,16,17). The third kappa shape index (κ3) is 4.64. The number of halogens is 3. The van der Waals surface area contributed by atoms with E-state index in [1.165, 1.54) is 13.1 Å². The Bertz CT molecular complexity index is 394. The molecule has 0 amide bonds. The molecule has 1 heterocycles. The molecule has 0 aliphatic rings. The van der Waals surface area contributed by atoms with Gasteiger partial charge in [-0.1, -0.05) is 6.92 Å². The Morgan fingerprint density at radius 1 is 1.39 bits per heavy atom. The smallest absolute Gasteiger partial charge is 0.370 e. The summed E-state index contributed by atoms with van der Waals surface area (Å²) in [5.41, 5.74) is 5.46. The zero-order valence-electron chi connectivity index (χ0n) is 10.3. The SMILES string of the molecule is CCCNc1cc(N(C)CC(F)(F)F)nc(N)n1. The highest BCUT2D eigenvalue weighted by Gasteiger charge is 2.30. The fraction of sp³-hybridized carbons (Fsp3) is 0.600. The molecule has 0 saturated carbocycles. The highest BCUT2D eigenvalue weighted by Crippen LogP contribution is 2.21. The van der Waals surface area contributed by atoms with Crippen LogP contribution in [0.4, 0.5) is 30.8 Å². The van der Waals surface area contributed by atoms with Crippen LogP contribution in [0.1, 0.15) is 13.3 Å². The predicted molar refractivity (Wildman–Crippen MR) is 64.6 cm³/mol. The van der Waals surface area contributed by atoms with Crippen molar-refractivity contribution < 1.29 is 13.2 Å². The highest BCUT2D eigenvalue weighted by atomic mass is 19.4. The van der Waals surface area contributed by atoms with Gasteiger partial charge < -0.3 is 16.0 Å². The first kappa shape index (κ1) is 14.3. The fourth-order valence-electron chi connectivity index (χ4n) is 1.34. The predicted octanol–water partition coefficient (Wildman–Crippen LogP) is 1.88. The van der Waals surface area contributed by atoms with E-state index in [2.05, 4.69) is 15.3 Å². The Morgan fingerprint density at radius 3 is 2.61 bits per heavy atom. The summed E-state index contributed by atoms with van der Waals surface area (Å²) >= 11 is 0. The van der Waals surface area contributed by atoms with Crippen molar-refractivity contribution in [2.45, 2.75) is 19.5 Å². The van der Waals surface area contributed by atoms with Crippen LogP contribution in [0.2, 0.25) is 0 Å². The summed E-state index contributed by atoms with van der Waals surface area (Å²) in [4.78, 5) is 8.66. The van der Waals surface area contributed by atoms with Gasteiger partial charge in [0.15, 0.2) is 0 Å². The molecule has 1 aromatic heterocycles. The van der Waals surface area contributed by atoms with Crippen molar-refractivity contribution in [2.75, 3.05) is 36.1 Å². The molecule has 3 N–H and O–H groups in total. The average molecular weight is 263 g/mol. The average Bonchev–Trinajstić information content (AvgIpc) is 2.23. The Kier molecular flexibility index (Phi) is 4.57. The van der Waals surface area contributed by atoms with Crippen LogP contribution < -0.4 is 16.0 Å². The van der Waals surface area contributed by atoms with E-state index in [9.17, 15) is 13.2 Å². The number of hydrogen-bond acceptors (Lipinski definition) is 5. The van der Waals surface area contributed by atoms with Gasteiger partial charge in [-0.25, -0.2) is 0 Å². The lowest BCUT2D eigenvalue weighted by Gasteiger charge is -2.20. The number of nitrogen functional groups attached to an aromatic ring is 1. The summed E-state index contributed by atoms with van der Waals surface area (Å²) in [5.74, 6) is 0.506. The molecule has 0 aromatic carbocycles. The number of nitrogens with zero attached hydrogens (tertiary/aromatic N) is 3. The minimum atomic E-state index is -4.29. The van der Waals surface area contributed by atoms with Crippen LogP contribution in [0.25, 0.3) is 0 Å². The van der Waals surface area contributed by atoms with E-state index in [0.717, 1.165) is 11.3 Å². The molecule has 102 valence electrons. The Hall–Kier alpha value is -1.73. The summed E-state index contributed by atoms with van der Waals surface area (Å²) in [6.45, 7) is 1.55. The first-order valence-electron chi connectivity index (χ1n) is 5.48. The maximum absolute atomic E-state index is 12.3. The molecule has 0 radical (unpaired) electrons. The number of nitrogens with one attached hydrogen (secondary N) is 1. The van der Waals surface area contributed by atoms with Crippen molar-refractivity contribution in [1.29, 1.82) is 0 Å². The zero-order valence-corrected chi connectivity index (χ0v) is 10.3. The second kappa shape index (κ2) is 5.74. The van der Waals surface area contributed by atoms with E-state index in [-0.39, 0.29) is 11.8 Å². The number of nitrogens with two attached hydrogens (primary N) is 1. The molecule has 0 bridgehead atoms. The van der Waals surface area contributed by atoms with Gasteiger partial charge in [-0.2, -0.15) is 23.1 Å². The largest absolute Gasteiger partial charge is 0.405 e. The fourth-order valence-corrected chi connectivity index (χ4v) is 1.34. The zero-order chi connectivity index (χ0) is 13.8. The molecule has 0 unspecified atom stereocenters. The topological polar surface area (TPSA) is 67.1 Å². The molecular formula is C10H16F3N5. The second-order valence-electron chi connectivity index (χ2n) is 3.87. The molecule has 8 heteroatoms. The van der Waals surface area contributed by atoms with E-state index >= 15 is 0 Å². The summed E-state index contributed by atoms with van der Waals surface area (Å²) < 4.78 is 36.8. The third-order valence-electron chi connectivity index (χ3n) is 2.09. The normalized spacial score (nSPS) is 11.4. The lowest BCUT2D eigenvalue weighted by molar-refractivity contribution is -0.119. The Morgan fingerprint density at radius 2 is 2.06 bits per heavy atom. The lowest BCUT2D eigenvalue weighted by atomic mass is 10.4. The van der Waals surface area contributed by atoms with E-state index in [1.54, 1.807) is 0 Å². The van der Waals surface area contributed by atoms with Gasteiger partial charge in [-0.05, 0) is 6.42 Å². The minimum Gasteiger partial charge on any atom is -0.370 e. The summed E-state index contributed by atoms with van der Waals surface area (Å²) in [6.07, 6.45) is -3.41. The molecule has 5 nitrogen and oxygen atoms in total. The van der Waals surface area contributed by atoms with Gasteiger partial charge in [-0.15, -0.1) is 0 Å².